The highest BCUT2D eigenvalue weighted by atomic mass is 15.2. The fraction of sp³-hybridized carbons (Fsp3) is 0.583. The molecule has 0 amide bonds. The molecule has 1 aliphatic rings. The van der Waals surface area contributed by atoms with Crippen LogP contribution in [0.2, 0.25) is 0 Å². The monoisotopic (exact) mass is 190 g/mol. The highest BCUT2D eigenvalue weighted by Gasteiger charge is 2.29. The van der Waals surface area contributed by atoms with E-state index in [2.05, 4.69) is 36.7 Å². The lowest BCUT2D eigenvalue weighted by Crippen LogP contribution is -2.39. The van der Waals surface area contributed by atoms with Crippen molar-refractivity contribution >= 4 is 0 Å². The molecule has 76 valence electrons. The van der Waals surface area contributed by atoms with Gasteiger partial charge in [-0.15, -0.1) is 0 Å². The summed E-state index contributed by atoms with van der Waals surface area (Å²) in [7, 11) is 0. The summed E-state index contributed by atoms with van der Waals surface area (Å²) in [6.07, 6.45) is 5.08. The maximum absolute atomic E-state index is 4.17. The van der Waals surface area contributed by atoms with Crippen LogP contribution in [0.25, 0.3) is 0 Å². The molecule has 0 spiro atoms. The van der Waals surface area contributed by atoms with Gasteiger partial charge in [0.2, 0.25) is 0 Å². The van der Waals surface area contributed by atoms with E-state index < -0.39 is 0 Å². The Hall–Kier alpha value is -0.890. The van der Waals surface area contributed by atoms with E-state index in [0.29, 0.717) is 5.54 Å². The van der Waals surface area contributed by atoms with E-state index in [1.54, 1.807) is 0 Å². The van der Waals surface area contributed by atoms with Crippen LogP contribution in [0.3, 0.4) is 0 Å². The molecule has 0 bridgehead atoms. The summed E-state index contributed by atoms with van der Waals surface area (Å²) >= 11 is 0. The maximum atomic E-state index is 4.17. The highest BCUT2D eigenvalue weighted by molar-refractivity contribution is 5.27. The zero-order valence-electron chi connectivity index (χ0n) is 9.25. The van der Waals surface area contributed by atoms with Crippen LogP contribution in [0.5, 0.6) is 0 Å². The molecule has 0 atom stereocenters. The third kappa shape index (κ3) is 1.55. The Kier molecular flexibility index (Phi) is 2.31. The quantitative estimate of drug-likeness (QED) is 0.712. The minimum atomic E-state index is 0.305. The van der Waals surface area contributed by atoms with Gasteiger partial charge >= 0.3 is 0 Å². The predicted octanol–water partition coefficient (Wildman–Crippen LogP) is 2.59. The molecule has 0 saturated heterocycles. The second kappa shape index (κ2) is 3.35. The average molecular weight is 190 g/mol. The van der Waals surface area contributed by atoms with Crippen molar-refractivity contribution in [3.05, 3.63) is 29.6 Å². The smallest absolute Gasteiger partial charge is 0.0316 e. The van der Waals surface area contributed by atoms with E-state index in [0.717, 1.165) is 13.1 Å². The topological polar surface area (TPSA) is 16.1 Å². The molecule has 0 radical (unpaired) electrons. The molecule has 0 saturated carbocycles. The molecule has 14 heavy (non-hydrogen) atoms. The number of rotatable bonds is 2. The van der Waals surface area contributed by atoms with Crippen LogP contribution in [-0.2, 0) is 13.1 Å². The average Bonchev–Trinajstić information content (AvgIpc) is 2.61. The predicted molar refractivity (Wildman–Crippen MR) is 57.9 cm³/mol. The van der Waals surface area contributed by atoms with Crippen molar-refractivity contribution in [3.63, 3.8) is 0 Å². The lowest BCUT2D eigenvalue weighted by molar-refractivity contribution is 0.114. The van der Waals surface area contributed by atoms with E-state index in [1.807, 2.05) is 12.4 Å². The molecule has 0 fully saturated rings. The van der Waals surface area contributed by atoms with Crippen LogP contribution in [-0.4, -0.2) is 15.4 Å². The van der Waals surface area contributed by atoms with Gasteiger partial charge < -0.3 is 0 Å². The van der Waals surface area contributed by atoms with Gasteiger partial charge in [-0.3, -0.25) is 9.88 Å². The van der Waals surface area contributed by atoms with Gasteiger partial charge in [-0.2, -0.15) is 0 Å². The van der Waals surface area contributed by atoms with Gasteiger partial charge in [0.05, 0.1) is 0 Å². The van der Waals surface area contributed by atoms with Crippen LogP contribution >= 0.6 is 0 Å². The van der Waals surface area contributed by atoms with Gasteiger partial charge in [0.1, 0.15) is 0 Å². The molecule has 1 aromatic rings. The maximum Gasteiger partial charge on any atom is 0.0316 e. The largest absolute Gasteiger partial charge is 0.290 e. The van der Waals surface area contributed by atoms with E-state index in [-0.39, 0.29) is 0 Å². The molecule has 2 heteroatoms. The van der Waals surface area contributed by atoms with E-state index >= 15 is 0 Å². The number of fused-ring (bicyclic) bond motifs is 1. The van der Waals surface area contributed by atoms with Crippen molar-refractivity contribution in [2.75, 3.05) is 0 Å². The Bertz CT molecular complexity index is 306. The molecule has 0 aromatic carbocycles. The number of nitrogens with zero attached hydrogens (tertiary/aromatic N) is 2. The number of hydrogen-bond acceptors (Lipinski definition) is 2. The van der Waals surface area contributed by atoms with Crippen LogP contribution in [0, 0.1) is 0 Å². The molecule has 0 aliphatic carbocycles. The fourth-order valence-electron chi connectivity index (χ4n) is 1.87. The molecule has 1 aliphatic heterocycles. The number of aromatic nitrogens is 1. The van der Waals surface area contributed by atoms with E-state index in [9.17, 15) is 0 Å². The highest BCUT2D eigenvalue weighted by Crippen LogP contribution is 2.30. The summed E-state index contributed by atoms with van der Waals surface area (Å²) in [5.74, 6) is 0. The lowest BCUT2D eigenvalue weighted by Gasteiger charge is -2.34. The molecular formula is C12H18N2. The van der Waals surface area contributed by atoms with Crippen LogP contribution < -0.4 is 0 Å². The minimum Gasteiger partial charge on any atom is -0.290 e. The Morgan fingerprint density at radius 3 is 2.71 bits per heavy atom. The first kappa shape index (κ1) is 9.66. The second-order valence-electron chi connectivity index (χ2n) is 4.67. The zero-order chi connectivity index (χ0) is 10.2. The van der Waals surface area contributed by atoms with Gasteiger partial charge in [0, 0.05) is 31.0 Å². The summed E-state index contributed by atoms with van der Waals surface area (Å²) in [5.41, 5.74) is 3.15. The molecule has 0 unspecified atom stereocenters. The van der Waals surface area contributed by atoms with Gasteiger partial charge in [0.25, 0.3) is 0 Å². The first-order valence-electron chi connectivity index (χ1n) is 5.30. The van der Waals surface area contributed by atoms with Gasteiger partial charge in [-0.1, -0.05) is 6.92 Å². The third-order valence-electron chi connectivity index (χ3n) is 3.45. The molecule has 1 aromatic heterocycles. The normalized spacial score (nSPS) is 17.1. The molecule has 2 nitrogen and oxygen atoms in total. The third-order valence-corrected chi connectivity index (χ3v) is 3.45. The Morgan fingerprint density at radius 1 is 1.36 bits per heavy atom. The van der Waals surface area contributed by atoms with Crippen molar-refractivity contribution in [2.45, 2.75) is 45.8 Å². The van der Waals surface area contributed by atoms with Gasteiger partial charge in [0.15, 0.2) is 0 Å². The fourth-order valence-corrected chi connectivity index (χ4v) is 1.87. The molecular weight excluding hydrogens is 172 g/mol. The number of pyridine rings is 1. The van der Waals surface area contributed by atoms with Gasteiger partial charge in [-0.05, 0) is 37.5 Å². The second-order valence-corrected chi connectivity index (χ2v) is 4.67. The zero-order valence-corrected chi connectivity index (χ0v) is 9.25. The van der Waals surface area contributed by atoms with E-state index in [4.69, 9.17) is 0 Å². The summed E-state index contributed by atoms with van der Waals surface area (Å²) in [5, 5.41) is 0. The van der Waals surface area contributed by atoms with Crippen LogP contribution in [0.15, 0.2) is 18.5 Å². The Labute approximate surface area is 86.0 Å². The summed E-state index contributed by atoms with van der Waals surface area (Å²) in [6, 6.07) is 2.14. The van der Waals surface area contributed by atoms with Crippen molar-refractivity contribution in [1.82, 2.24) is 9.88 Å². The Balaban J connectivity index is 2.19. The van der Waals surface area contributed by atoms with Crippen molar-refractivity contribution in [1.29, 1.82) is 0 Å². The van der Waals surface area contributed by atoms with E-state index in [1.165, 1.54) is 17.5 Å². The first-order valence-corrected chi connectivity index (χ1v) is 5.30. The number of hydrogen-bond donors (Lipinski definition) is 0. The van der Waals surface area contributed by atoms with Crippen molar-refractivity contribution < 1.29 is 0 Å². The van der Waals surface area contributed by atoms with Crippen LogP contribution in [0.1, 0.15) is 38.3 Å². The summed E-state index contributed by atoms with van der Waals surface area (Å²) < 4.78 is 0. The molecule has 2 heterocycles. The SMILES string of the molecule is CCC(C)(C)N1Cc2ccncc2C1. The lowest BCUT2D eigenvalue weighted by atomic mass is 10.00. The van der Waals surface area contributed by atoms with Crippen molar-refractivity contribution in [2.24, 2.45) is 0 Å². The summed E-state index contributed by atoms with van der Waals surface area (Å²) in [4.78, 5) is 6.70. The Morgan fingerprint density at radius 2 is 2.07 bits per heavy atom. The van der Waals surface area contributed by atoms with Crippen molar-refractivity contribution in [3.8, 4) is 0 Å². The van der Waals surface area contributed by atoms with Crippen LogP contribution in [0.4, 0.5) is 0 Å². The first-order chi connectivity index (χ1) is 6.63. The molecule has 2 rings (SSSR count). The van der Waals surface area contributed by atoms with Gasteiger partial charge in [-0.25, -0.2) is 0 Å². The molecule has 0 N–H and O–H groups in total. The summed E-state index contributed by atoms with van der Waals surface area (Å²) in [6.45, 7) is 9.02. The standard InChI is InChI=1S/C12H18N2/c1-4-12(2,3)14-8-10-5-6-13-7-11(10)9-14/h5-7H,4,8-9H2,1-3H3. The minimum absolute atomic E-state index is 0.305.